The second-order valence-corrected chi connectivity index (χ2v) is 8.43. The Morgan fingerprint density at radius 3 is 2.55 bits per heavy atom. The molecule has 0 bridgehead atoms. The molecule has 1 unspecified atom stereocenters. The van der Waals surface area contributed by atoms with Gasteiger partial charge in [-0.2, -0.15) is 0 Å². The molecule has 0 aliphatic carbocycles. The van der Waals surface area contributed by atoms with Crippen molar-refractivity contribution in [1.29, 1.82) is 0 Å². The highest BCUT2D eigenvalue weighted by atomic mass is 127. The fraction of sp³-hybridized carbons (Fsp3) is 0.667. The number of halogens is 1. The summed E-state index contributed by atoms with van der Waals surface area (Å²) < 4.78 is 13.9. The third-order valence-corrected chi connectivity index (χ3v) is 5.22. The number of aromatic nitrogens is 1. The topological polar surface area (TPSA) is 49.6 Å². The minimum atomic E-state index is -0.844. The quantitative estimate of drug-likeness (QED) is 0.434. The Bertz CT molecular complexity index is 508. The van der Waals surface area contributed by atoms with Gasteiger partial charge in [0.2, 0.25) is 0 Å². The van der Waals surface area contributed by atoms with E-state index < -0.39 is 10.8 Å². The van der Waals surface area contributed by atoms with Crippen LogP contribution in [0.1, 0.15) is 26.5 Å². The Morgan fingerprint density at radius 1 is 1.45 bits per heavy atom. The molecule has 0 aliphatic heterocycles. The summed E-state index contributed by atoms with van der Waals surface area (Å²) in [5.41, 5.74) is 1.22. The molecule has 1 aromatic rings. The number of rotatable bonds is 5. The summed E-state index contributed by atoms with van der Waals surface area (Å²) in [6.45, 7) is 7.44. The average molecular weight is 440 g/mol. The monoisotopic (exact) mass is 440 g/mol. The van der Waals surface area contributed by atoms with Gasteiger partial charge in [-0.05, 0) is 32.9 Å². The van der Waals surface area contributed by atoms with Gasteiger partial charge in [0.15, 0.2) is 5.96 Å². The van der Waals surface area contributed by atoms with Crippen molar-refractivity contribution >= 4 is 40.7 Å². The number of hydrogen-bond donors (Lipinski definition) is 1. The summed E-state index contributed by atoms with van der Waals surface area (Å²) >= 11 is 0. The Balaban J connectivity index is 0.00000441. The summed E-state index contributed by atoms with van der Waals surface area (Å²) in [4.78, 5) is 6.35. The molecule has 1 rings (SSSR count). The van der Waals surface area contributed by atoms with Gasteiger partial charge < -0.3 is 14.8 Å². The molecule has 0 aliphatic rings. The summed E-state index contributed by atoms with van der Waals surface area (Å²) in [5.74, 6) is 1.45. The van der Waals surface area contributed by atoms with Crippen molar-refractivity contribution < 1.29 is 4.21 Å². The third kappa shape index (κ3) is 6.68. The van der Waals surface area contributed by atoms with Crippen LogP contribution in [0, 0.1) is 0 Å². The number of guanidine groups is 1. The van der Waals surface area contributed by atoms with E-state index >= 15 is 0 Å². The Morgan fingerprint density at radius 2 is 2.09 bits per heavy atom. The van der Waals surface area contributed by atoms with Gasteiger partial charge in [0.1, 0.15) is 0 Å². The third-order valence-electron chi connectivity index (χ3n) is 3.28. The molecule has 1 N–H and O–H groups in total. The van der Waals surface area contributed by atoms with E-state index in [4.69, 9.17) is 0 Å². The molecule has 0 radical (unpaired) electrons. The Kier molecular flexibility index (Phi) is 9.30. The van der Waals surface area contributed by atoms with E-state index in [1.165, 1.54) is 5.69 Å². The molecule has 7 heteroatoms. The first-order valence-electron chi connectivity index (χ1n) is 7.16. The molecule has 1 heterocycles. The van der Waals surface area contributed by atoms with E-state index in [-0.39, 0.29) is 28.7 Å². The molecule has 0 spiro atoms. The minimum absolute atomic E-state index is 0. The van der Waals surface area contributed by atoms with Gasteiger partial charge in [-0.25, -0.2) is 0 Å². The first-order valence-corrected chi connectivity index (χ1v) is 8.48. The van der Waals surface area contributed by atoms with Crippen molar-refractivity contribution in [2.45, 2.75) is 32.1 Å². The van der Waals surface area contributed by atoms with Gasteiger partial charge in [0.05, 0.1) is 6.54 Å². The summed E-state index contributed by atoms with van der Waals surface area (Å²) in [5, 5.41) is 3.28. The summed E-state index contributed by atoms with van der Waals surface area (Å²) in [6.07, 6.45) is 2.03. The van der Waals surface area contributed by atoms with E-state index in [2.05, 4.69) is 25.8 Å². The molecule has 1 atom stereocenters. The van der Waals surface area contributed by atoms with E-state index in [1.807, 2.05) is 47.1 Å². The molecule has 22 heavy (non-hydrogen) atoms. The highest BCUT2D eigenvalue weighted by molar-refractivity contribution is 14.0. The summed E-state index contributed by atoms with van der Waals surface area (Å²) in [6, 6.07) is 4.13. The van der Waals surface area contributed by atoms with Crippen LogP contribution < -0.4 is 5.32 Å². The van der Waals surface area contributed by atoms with Crippen molar-refractivity contribution in [3.8, 4) is 0 Å². The van der Waals surface area contributed by atoms with Crippen LogP contribution in [0.25, 0.3) is 0 Å². The number of nitrogens with one attached hydrogen (secondary N) is 1. The van der Waals surface area contributed by atoms with Gasteiger partial charge in [-0.1, -0.05) is 0 Å². The minimum Gasteiger partial charge on any atom is -0.355 e. The standard InChI is InChI=1S/C15H28N4OS.HI/c1-15(2,3)21(20)11-9-17-14(16-4)19(6)12-13-8-7-10-18(13)5;/h7-8,10H,9,11-12H2,1-6H3,(H,16,17);1H. The normalized spacial score (nSPS) is 13.5. The second kappa shape index (κ2) is 9.54. The molecule has 1 aromatic heterocycles. The lowest BCUT2D eigenvalue weighted by Gasteiger charge is -2.23. The lowest BCUT2D eigenvalue weighted by atomic mass is 10.3. The van der Waals surface area contributed by atoms with Crippen LogP contribution in [-0.2, 0) is 24.4 Å². The van der Waals surface area contributed by atoms with Gasteiger partial charge in [-0.3, -0.25) is 9.20 Å². The zero-order chi connectivity index (χ0) is 16.0. The molecule has 0 saturated carbocycles. The Labute approximate surface area is 154 Å². The predicted molar refractivity (Wildman–Crippen MR) is 106 cm³/mol. The highest BCUT2D eigenvalue weighted by Gasteiger charge is 2.19. The first kappa shape index (κ1) is 21.4. The molecule has 0 amide bonds. The molecule has 128 valence electrons. The van der Waals surface area contributed by atoms with E-state index in [9.17, 15) is 4.21 Å². The van der Waals surface area contributed by atoms with Gasteiger partial charge in [-0.15, -0.1) is 24.0 Å². The average Bonchev–Trinajstić information content (AvgIpc) is 2.78. The smallest absolute Gasteiger partial charge is 0.193 e. The van der Waals surface area contributed by atoms with Crippen molar-refractivity contribution in [1.82, 2.24) is 14.8 Å². The number of aryl methyl sites for hydroxylation is 1. The number of hydrogen-bond acceptors (Lipinski definition) is 2. The van der Waals surface area contributed by atoms with Gasteiger partial charge in [0.25, 0.3) is 0 Å². The van der Waals surface area contributed by atoms with Crippen LogP contribution in [0.4, 0.5) is 0 Å². The highest BCUT2D eigenvalue weighted by Crippen LogP contribution is 2.10. The zero-order valence-corrected chi connectivity index (χ0v) is 17.6. The second-order valence-electron chi connectivity index (χ2n) is 6.10. The van der Waals surface area contributed by atoms with Crippen molar-refractivity contribution in [3.63, 3.8) is 0 Å². The van der Waals surface area contributed by atoms with Crippen LogP contribution in [-0.4, -0.2) is 50.8 Å². The zero-order valence-electron chi connectivity index (χ0n) is 14.4. The predicted octanol–water partition coefficient (Wildman–Crippen LogP) is 2.20. The van der Waals surface area contributed by atoms with Gasteiger partial charge in [0, 0.05) is 60.9 Å². The van der Waals surface area contributed by atoms with E-state index in [0.717, 1.165) is 12.5 Å². The molecular formula is C15H29IN4OS. The lowest BCUT2D eigenvalue weighted by Crippen LogP contribution is -2.41. The first-order chi connectivity index (χ1) is 9.75. The van der Waals surface area contributed by atoms with Crippen molar-refractivity contribution in [2.75, 3.05) is 26.4 Å². The van der Waals surface area contributed by atoms with Crippen LogP contribution in [0.5, 0.6) is 0 Å². The van der Waals surface area contributed by atoms with Crippen LogP contribution in [0.15, 0.2) is 23.3 Å². The summed E-state index contributed by atoms with van der Waals surface area (Å²) in [7, 11) is 4.96. The largest absolute Gasteiger partial charge is 0.355 e. The maximum atomic E-state index is 12.0. The van der Waals surface area contributed by atoms with Crippen LogP contribution in [0.3, 0.4) is 0 Å². The van der Waals surface area contributed by atoms with Gasteiger partial charge >= 0.3 is 0 Å². The fourth-order valence-electron chi connectivity index (χ4n) is 1.93. The van der Waals surface area contributed by atoms with E-state index in [1.54, 1.807) is 7.05 Å². The fourth-order valence-corrected chi connectivity index (χ4v) is 2.82. The van der Waals surface area contributed by atoms with Crippen LogP contribution >= 0.6 is 24.0 Å². The maximum Gasteiger partial charge on any atom is 0.193 e. The number of aliphatic imine (C=N–C) groups is 1. The molecule has 0 aromatic carbocycles. The van der Waals surface area contributed by atoms with Crippen LogP contribution in [0.2, 0.25) is 0 Å². The lowest BCUT2D eigenvalue weighted by molar-refractivity contribution is 0.464. The maximum absolute atomic E-state index is 12.0. The van der Waals surface area contributed by atoms with E-state index in [0.29, 0.717) is 12.3 Å². The molecular weight excluding hydrogens is 411 g/mol. The van der Waals surface area contributed by atoms with Crippen molar-refractivity contribution in [2.24, 2.45) is 12.0 Å². The molecule has 0 fully saturated rings. The Hall–Kier alpha value is -0.570. The van der Waals surface area contributed by atoms with Crippen molar-refractivity contribution in [3.05, 3.63) is 24.0 Å². The molecule has 0 saturated heterocycles. The molecule has 5 nitrogen and oxygen atoms in total. The SMILES string of the molecule is CN=C(NCCS(=O)C(C)(C)C)N(C)Cc1cccn1C.I. The number of nitrogens with zero attached hydrogens (tertiary/aromatic N) is 3.